The molecule has 0 unspecified atom stereocenters. The van der Waals surface area contributed by atoms with Crippen molar-refractivity contribution in [1.29, 1.82) is 0 Å². The maximum atomic E-state index is 12.4. The minimum atomic E-state index is -0.663. The number of carbonyl (C=O) groups excluding carboxylic acids is 3. The largest absolute Gasteiger partial charge is 0.486 e. The molecule has 1 aliphatic rings. The van der Waals surface area contributed by atoms with Crippen LogP contribution in [0.25, 0.3) is 0 Å². The minimum absolute atomic E-state index is 0.232. The summed E-state index contributed by atoms with van der Waals surface area (Å²) in [5.74, 6) is -0.345. The number of esters is 2. The summed E-state index contributed by atoms with van der Waals surface area (Å²) in [6, 6.07) is 4.69. The van der Waals surface area contributed by atoms with Crippen molar-refractivity contribution in [3.63, 3.8) is 0 Å². The first kappa shape index (κ1) is 22.6. The molecule has 0 saturated carbocycles. The Kier molecular flexibility index (Phi) is 7.51. The number of hydrogen-bond donors (Lipinski definition) is 1. The number of benzene rings is 1. The van der Waals surface area contributed by atoms with Gasteiger partial charge in [-0.25, -0.2) is 9.59 Å². The van der Waals surface area contributed by atoms with E-state index in [9.17, 15) is 14.4 Å². The van der Waals surface area contributed by atoms with Gasteiger partial charge in [0.05, 0.1) is 17.7 Å². The third kappa shape index (κ3) is 5.75. The fourth-order valence-electron chi connectivity index (χ4n) is 3.05. The third-order valence-electron chi connectivity index (χ3n) is 4.34. The number of thiophene rings is 1. The Bertz CT molecular complexity index is 967. The zero-order valence-corrected chi connectivity index (χ0v) is 18.5. The predicted octanol–water partition coefficient (Wildman–Crippen LogP) is 3.69. The fourth-order valence-corrected chi connectivity index (χ4v) is 4.03. The van der Waals surface area contributed by atoms with Gasteiger partial charge in [-0.15, -0.1) is 11.3 Å². The van der Waals surface area contributed by atoms with E-state index in [0.717, 1.165) is 5.56 Å². The summed E-state index contributed by atoms with van der Waals surface area (Å²) < 4.78 is 21.1. The van der Waals surface area contributed by atoms with Crippen molar-refractivity contribution in [3.8, 4) is 11.5 Å². The molecule has 1 aromatic carbocycles. The minimum Gasteiger partial charge on any atom is -0.486 e. The highest BCUT2D eigenvalue weighted by Gasteiger charge is 2.23. The summed E-state index contributed by atoms with van der Waals surface area (Å²) in [7, 11) is 0. The van der Waals surface area contributed by atoms with Crippen LogP contribution in [0.2, 0.25) is 0 Å². The average molecular weight is 448 g/mol. The molecule has 0 radical (unpaired) electrons. The fraction of sp³-hybridized carbons (Fsp3) is 0.409. The van der Waals surface area contributed by atoms with Crippen LogP contribution in [0, 0.1) is 5.92 Å². The van der Waals surface area contributed by atoms with Gasteiger partial charge in [-0.2, -0.15) is 0 Å². The summed E-state index contributed by atoms with van der Waals surface area (Å²) in [4.78, 5) is 37.1. The first-order chi connectivity index (χ1) is 14.9. The lowest BCUT2D eigenvalue weighted by Crippen LogP contribution is -2.22. The van der Waals surface area contributed by atoms with Gasteiger partial charge in [-0.1, -0.05) is 13.8 Å². The van der Waals surface area contributed by atoms with Crippen LogP contribution in [0.15, 0.2) is 23.6 Å². The average Bonchev–Trinajstić information content (AvgIpc) is 3.13. The zero-order chi connectivity index (χ0) is 22.4. The van der Waals surface area contributed by atoms with Crippen molar-refractivity contribution in [2.45, 2.75) is 27.2 Å². The number of rotatable bonds is 8. The number of carbonyl (C=O) groups is 3. The molecule has 0 spiro atoms. The van der Waals surface area contributed by atoms with Crippen LogP contribution in [-0.2, 0) is 20.7 Å². The molecule has 1 N–H and O–H groups in total. The van der Waals surface area contributed by atoms with Crippen LogP contribution in [0.1, 0.15) is 47.1 Å². The van der Waals surface area contributed by atoms with Gasteiger partial charge in [0.25, 0.3) is 5.91 Å². The van der Waals surface area contributed by atoms with Gasteiger partial charge in [-0.05, 0) is 48.4 Å². The van der Waals surface area contributed by atoms with E-state index in [2.05, 4.69) is 5.32 Å². The lowest BCUT2D eigenvalue weighted by Gasteiger charge is -2.18. The van der Waals surface area contributed by atoms with Crippen LogP contribution < -0.4 is 14.8 Å². The Morgan fingerprint density at radius 3 is 2.55 bits per heavy atom. The maximum absolute atomic E-state index is 12.4. The van der Waals surface area contributed by atoms with Crippen molar-refractivity contribution < 1.29 is 33.3 Å². The van der Waals surface area contributed by atoms with Gasteiger partial charge >= 0.3 is 11.9 Å². The van der Waals surface area contributed by atoms with Crippen LogP contribution in [0.5, 0.6) is 11.5 Å². The highest BCUT2D eigenvalue weighted by atomic mass is 32.1. The van der Waals surface area contributed by atoms with E-state index in [4.69, 9.17) is 18.9 Å². The van der Waals surface area contributed by atoms with Crippen molar-refractivity contribution in [2.24, 2.45) is 5.92 Å². The van der Waals surface area contributed by atoms with Crippen LogP contribution in [0.4, 0.5) is 5.00 Å². The molecule has 1 amide bonds. The van der Waals surface area contributed by atoms with Crippen molar-refractivity contribution in [1.82, 2.24) is 0 Å². The molecule has 2 aromatic rings. The summed E-state index contributed by atoms with van der Waals surface area (Å²) in [6.45, 7) is 6.40. The molecule has 0 saturated heterocycles. The molecule has 1 aromatic heterocycles. The van der Waals surface area contributed by atoms with E-state index in [1.807, 2.05) is 19.2 Å². The van der Waals surface area contributed by atoms with Crippen molar-refractivity contribution >= 4 is 34.2 Å². The summed E-state index contributed by atoms with van der Waals surface area (Å²) in [5, 5.41) is 4.88. The number of nitrogens with one attached hydrogen (secondary N) is 1. The van der Waals surface area contributed by atoms with E-state index in [1.54, 1.807) is 19.1 Å². The molecule has 166 valence electrons. The number of hydrogen-bond acceptors (Lipinski definition) is 8. The molecule has 0 aliphatic carbocycles. The molecule has 31 heavy (non-hydrogen) atoms. The lowest BCUT2D eigenvalue weighted by molar-refractivity contribution is -0.119. The number of anilines is 1. The van der Waals surface area contributed by atoms with E-state index >= 15 is 0 Å². The number of ether oxygens (including phenoxy) is 4. The van der Waals surface area contributed by atoms with Crippen LogP contribution >= 0.6 is 11.3 Å². The number of amides is 1. The molecule has 9 heteroatoms. The molecular formula is C22H25NO7S. The molecule has 2 heterocycles. The maximum Gasteiger partial charge on any atom is 0.341 e. The molecule has 0 fully saturated rings. The Labute approximate surface area is 184 Å². The highest BCUT2D eigenvalue weighted by Crippen LogP contribution is 2.32. The quantitative estimate of drug-likeness (QED) is 0.616. The summed E-state index contributed by atoms with van der Waals surface area (Å²) in [5.41, 5.74) is 1.42. The van der Waals surface area contributed by atoms with Gasteiger partial charge in [0, 0.05) is 0 Å². The standard InChI is InChI=1S/C22H25NO7S/c1-4-27-22(26)19-15(9-13(2)3)12-31-20(19)23-18(24)11-30-21(25)14-5-6-16-17(10-14)29-8-7-28-16/h5-6,10,12-13H,4,7-9,11H2,1-3H3,(H,23,24). The first-order valence-electron chi connectivity index (χ1n) is 10.0. The molecule has 0 bridgehead atoms. The van der Waals surface area contributed by atoms with Crippen molar-refractivity contribution in [2.75, 3.05) is 31.7 Å². The summed E-state index contributed by atoms with van der Waals surface area (Å²) >= 11 is 1.24. The van der Waals surface area contributed by atoms with E-state index in [0.29, 0.717) is 47.6 Å². The van der Waals surface area contributed by atoms with Crippen LogP contribution in [-0.4, -0.2) is 44.3 Å². The Balaban J connectivity index is 1.63. The second-order valence-corrected chi connectivity index (χ2v) is 8.15. The topological polar surface area (TPSA) is 100 Å². The smallest absolute Gasteiger partial charge is 0.341 e. The third-order valence-corrected chi connectivity index (χ3v) is 5.28. The Hall–Kier alpha value is -3.07. The van der Waals surface area contributed by atoms with Gasteiger partial charge in [0.15, 0.2) is 18.1 Å². The predicted molar refractivity (Wildman–Crippen MR) is 115 cm³/mol. The second kappa shape index (κ2) is 10.3. The molecule has 8 nitrogen and oxygen atoms in total. The second-order valence-electron chi connectivity index (χ2n) is 7.27. The van der Waals surface area contributed by atoms with Crippen LogP contribution in [0.3, 0.4) is 0 Å². The van der Waals surface area contributed by atoms with Gasteiger partial charge in [0.2, 0.25) is 0 Å². The summed E-state index contributed by atoms with van der Waals surface area (Å²) in [6.07, 6.45) is 0.680. The molecular weight excluding hydrogens is 422 g/mol. The van der Waals surface area contributed by atoms with Gasteiger partial charge in [-0.3, -0.25) is 4.79 Å². The van der Waals surface area contributed by atoms with E-state index in [1.165, 1.54) is 17.4 Å². The Morgan fingerprint density at radius 2 is 1.84 bits per heavy atom. The van der Waals surface area contributed by atoms with E-state index in [-0.39, 0.29) is 12.2 Å². The van der Waals surface area contributed by atoms with Crippen molar-refractivity contribution in [3.05, 3.63) is 40.3 Å². The Morgan fingerprint density at radius 1 is 1.10 bits per heavy atom. The normalized spacial score (nSPS) is 12.4. The lowest BCUT2D eigenvalue weighted by atomic mass is 10.0. The molecule has 0 atom stereocenters. The first-order valence-corrected chi connectivity index (χ1v) is 10.9. The monoisotopic (exact) mass is 447 g/mol. The molecule has 1 aliphatic heterocycles. The number of fused-ring (bicyclic) bond motifs is 1. The SMILES string of the molecule is CCOC(=O)c1c(CC(C)C)csc1NC(=O)COC(=O)c1ccc2c(c1)OCCO2. The highest BCUT2D eigenvalue weighted by molar-refractivity contribution is 7.15. The van der Waals surface area contributed by atoms with E-state index < -0.39 is 24.5 Å². The van der Waals surface area contributed by atoms with Gasteiger partial charge in [0.1, 0.15) is 18.2 Å². The zero-order valence-electron chi connectivity index (χ0n) is 17.7. The van der Waals surface area contributed by atoms with Gasteiger partial charge < -0.3 is 24.3 Å². The molecule has 3 rings (SSSR count).